The van der Waals surface area contributed by atoms with Crippen molar-refractivity contribution in [1.29, 1.82) is 0 Å². The first-order valence-electron chi connectivity index (χ1n) is 7.29. The Hall–Kier alpha value is -1.11. The second-order valence-electron chi connectivity index (χ2n) is 5.30. The van der Waals surface area contributed by atoms with Gasteiger partial charge in [-0.3, -0.25) is 0 Å². The van der Waals surface area contributed by atoms with Crippen molar-refractivity contribution in [1.82, 2.24) is 4.72 Å². The number of hydrogen-bond donors (Lipinski definition) is 1. The molecule has 1 unspecified atom stereocenters. The maximum atomic E-state index is 12.5. The van der Waals surface area contributed by atoms with Gasteiger partial charge in [0.15, 0.2) is 0 Å². The van der Waals surface area contributed by atoms with E-state index in [-0.39, 0.29) is 11.0 Å². The Kier molecular flexibility index (Phi) is 5.24. The summed E-state index contributed by atoms with van der Waals surface area (Å²) in [7, 11) is -3.55. The fraction of sp³-hybridized carbons (Fsp3) is 0.600. The summed E-state index contributed by atoms with van der Waals surface area (Å²) < 4.78 is 38.5. The van der Waals surface area contributed by atoms with Gasteiger partial charge in [-0.25, -0.2) is 13.1 Å². The van der Waals surface area contributed by atoms with Crippen LogP contribution in [-0.2, 0) is 14.8 Å². The third kappa shape index (κ3) is 3.96. The molecule has 1 aromatic carbocycles. The van der Waals surface area contributed by atoms with Crippen LogP contribution < -0.4 is 9.46 Å². The zero-order chi connectivity index (χ0) is 15.5. The third-order valence-electron chi connectivity index (χ3n) is 3.59. The van der Waals surface area contributed by atoms with E-state index in [0.29, 0.717) is 25.5 Å². The zero-order valence-electron chi connectivity index (χ0n) is 12.8. The zero-order valence-corrected chi connectivity index (χ0v) is 13.6. The number of sulfonamides is 1. The lowest BCUT2D eigenvalue weighted by molar-refractivity contribution is 0.114. The first-order valence-corrected chi connectivity index (χ1v) is 8.77. The second kappa shape index (κ2) is 6.77. The van der Waals surface area contributed by atoms with Crippen molar-refractivity contribution in [2.24, 2.45) is 0 Å². The largest absolute Gasteiger partial charge is 0.494 e. The van der Waals surface area contributed by atoms with Crippen LogP contribution >= 0.6 is 0 Å². The van der Waals surface area contributed by atoms with Gasteiger partial charge >= 0.3 is 0 Å². The lowest BCUT2D eigenvalue weighted by Crippen LogP contribution is -2.32. The molecule has 1 heterocycles. The Bertz CT molecular complexity index is 592. The molecule has 0 amide bonds. The van der Waals surface area contributed by atoms with Crippen LogP contribution in [0.15, 0.2) is 17.0 Å². The Morgan fingerprint density at radius 3 is 2.71 bits per heavy atom. The molecule has 1 aliphatic heterocycles. The fourth-order valence-corrected chi connectivity index (χ4v) is 3.81. The van der Waals surface area contributed by atoms with E-state index in [4.69, 9.17) is 9.47 Å². The molecule has 1 atom stereocenters. The maximum absolute atomic E-state index is 12.5. The number of nitrogens with one attached hydrogen (secondary N) is 1. The van der Waals surface area contributed by atoms with Gasteiger partial charge in [-0.05, 0) is 44.7 Å². The molecule has 0 aromatic heterocycles. The van der Waals surface area contributed by atoms with E-state index in [1.807, 2.05) is 19.9 Å². The number of rotatable bonds is 6. The average Bonchev–Trinajstić information content (AvgIpc) is 2.93. The molecule has 21 heavy (non-hydrogen) atoms. The third-order valence-corrected chi connectivity index (χ3v) is 5.15. The molecule has 1 N–H and O–H groups in total. The van der Waals surface area contributed by atoms with Crippen molar-refractivity contribution >= 4 is 10.0 Å². The van der Waals surface area contributed by atoms with E-state index in [1.165, 1.54) is 0 Å². The molecule has 2 rings (SSSR count). The first-order chi connectivity index (χ1) is 9.94. The summed E-state index contributed by atoms with van der Waals surface area (Å²) in [6, 6.07) is 3.44. The van der Waals surface area contributed by atoms with Gasteiger partial charge in [0.25, 0.3) is 0 Å². The average molecular weight is 313 g/mol. The number of ether oxygens (including phenoxy) is 2. The topological polar surface area (TPSA) is 64.6 Å². The monoisotopic (exact) mass is 313 g/mol. The van der Waals surface area contributed by atoms with Crippen LogP contribution in [0.25, 0.3) is 0 Å². The van der Waals surface area contributed by atoms with Gasteiger partial charge < -0.3 is 9.47 Å². The van der Waals surface area contributed by atoms with Gasteiger partial charge in [0.2, 0.25) is 10.0 Å². The summed E-state index contributed by atoms with van der Waals surface area (Å²) in [5, 5.41) is 0. The molecule has 0 saturated carbocycles. The smallest absolute Gasteiger partial charge is 0.241 e. The van der Waals surface area contributed by atoms with Gasteiger partial charge in [-0.15, -0.1) is 0 Å². The van der Waals surface area contributed by atoms with Crippen LogP contribution in [-0.4, -0.2) is 34.3 Å². The molecule has 6 heteroatoms. The van der Waals surface area contributed by atoms with Crippen molar-refractivity contribution in [2.45, 2.75) is 44.6 Å². The van der Waals surface area contributed by atoms with Gasteiger partial charge in [0.05, 0.1) is 17.6 Å². The highest BCUT2D eigenvalue weighted by Gasteiger charge is 2.22. The molecule has 0 spiro atoms. The summed E-state index contributed by atoms with van der Waals surface area (Å²) in [6.45, 7) is 7.12. The van der Waals surface area contributed by atoms with Crippen molar-refractivity contribution in [3.8, 4) is 5.75 Å². The minimum absolute atomic E-state index is 0.0168. The van der Waals surface area contributed by atoms with Crippen LogP contribution in [0.5, 0.6) is 5.75 Å². The van der Waals surface area contributed by atoms with Crippen LogP contribution in [0, 0.1) is 13.8 Å². The quantitative estimate of drug-likeness (QED) is 0.874. The molecular weight excluding hydrogens is 290 g/mol. The summed E-state index contributed by atoms with van der Waals surface area (Å²) in [5.74, 6) is 0.612. The van der Waals surface area contributed by atoms with Crippen LogP contribution in [0.1, 0.15) is 30.9 Å². The highest BCUT2D eigenvalue weighted by Crippen LogP contribution is 2.26. The SMILES string of the molecule is CCOc1cc(S(=O)(=O)NCC2CCCO2)c(C)cc1C. The van der Waals surface area contributed by atoms with E-state index in [0.717, 1.165) is 24.0 Å². The summed E-state index contributed by atoms with van der Waals surface area (Å²) >= 11 is 0. The Morgan fingerprint density at radius 1 is 1.33 bits per heavy atom. The normalized spacial score (nSPS) is 18.9. The fourth-order valence-electron chi connectivity index (χ4n) is 2.50. The van der Waals surface area contributed by atoms with E-state index in [9.17, 15) is 8.42 Å². The minimum Gasteiger partial charge on any atom is -0.494 e. The molecule has 0 radical (unpaired) electrons. The minimum atomic E-state index is -3.55. The second-order valence-corrected chi connectivity index (χ2v) is 7.04. The Balaban J connectivity index is 2.19. The predicted octanol–water partition coefficient (Wildman–Crippen LogP) is 2.16. The summed E-state index contributed by atoms with van der Waals surface area (Å²) in [5.41, 5.74) is 1.66. The highest BCUT2D eigenvalue weighted by molar-refractivity contribution is 7.89. The summed E-state index contributed by atoms with van der Waals surface area (Å²) in [4.78, 5) is 0.273. The number of hydrogen-bond acceptors (Lipinski definition) is 4. The molecular formula is C15H23NO4S. The molecule has 1 saturated heterocycles. The standard InChI is InChI=1S/C15H23NO4S/c1-4-19-14-9-15(12(3)8-11(14)2)21(17,18)16-10-13-6-5-7-20-13/h8-9,13,16H,4-7,10H2,1-3H3. The predicted molar refractivity (Wildman–Crippen MR) is 81.2 cm³/mol. The maximum Gasteiger partial charge on any atom is 0.241 e. The van der Waals surface area contributed by atoms with Gasteiger partial charge in [-0.2, -0.15) is 0 Å². The van der Waals surface area contributed by atoms with E-state index < -0.39 is 10.0 Å². The van der Waals surface area contributed by atoms with Crippen molar-refractivity contribution in [2.75, 3.05) is 19.8 Å². The summed E-state index contributed by atoms with van der Waals surface area (Å²) in [6.07, 6.45) is 1.88. The molecule has 1 fully saturated rings. The molecule has 0 aliphatic carbocycles. The molecule has 1 aromatic rings. The lowest BCUT2D eigenvalue weighted by Gasteiger charge is -2.15. The molecule has 1 aliphatic rings. The van der Waals surface area contributed by atoms with E-state index in [1.54, 1.807) is 13.0 Å². The molecule has 118 valence electrons. The lowest BCUT2D eigenvalue weighted by atomic mass is 10.1. The van der Waals surface area contributed by atoms with Gasteiger partial charge in [0, 0.05) is 19.2 Å². The first kappa shape index (κ1) is 16.3. The highest BCUT2D eigenvalue weighted by atomic mass is 32.2. The van der Waals surface area contributed by atoms with Gasteiger partial charge in [-0.1, -0.05) is 6.07 Å². The van der Waals surface area contributed by atoms with E-state index in [2.05, 4.69) is 4.72 Å². The van der Waals surface area contributed by atoms with E-state index >= 15 is 0 Å². The van der Waals surface area contributed by atoms with Crippen molar-refractivity contribution in [3.05, 3.63) is 23.3 Å². The van der Waals surface area contributed by atoms with Crippen LogP contribution in [0.4, 0.5) is 0 Å². The number of aryl methyl sites for hydroxylation is 2. The van der Waals surface area contributed by atoms with Crippen molar-refractivity contribution < 1.29 is 17.9 Å². The molecule has 0 bridgehead atoms. The van der Waals surface area contributed by atoms with Crippen molar-refractivity contribution in [3.63, 3.8) is 0 Å². The van der Waals surface area contributed by atoms with Crippen LogP contribution in [0.3, 0.4) is 0 Å². The number of benzene rings is 1. The Labute approximate surface area is 126 Å². The Morgan fingerprint density at radius 2 is 2.10 bits per heavy atom. The van der Waals surface area contributed by atoms with Gasteiger partial charge in [0.1, 0.15) is 5.75 Å². The van der Waals surface area contributed by atoms with Crippen LogP contribution in [0.2, 0.25) is 0 Å². The molecule has 5 nitrogen and oxygen atoms in total.